The predicted octanol–water partition coefficient (Wildman–Crippen LogP) is 3.01. The summed E-state index contributed by atoms with van der Waals surface area (Å²) in [5.74, 6) is -0.322. The Morgan fingerprint density at radius 2 is 2.15 bits per heavy atom. The number of fused-ring (bicyclic) bond motifs is 1. The zero-order chi connectivity index (χ0) is 14.3. The molecule has 2 aromatic rings. The number of rotatable bonds is 2. The fraction of sp³-hybridized carbons (Fsp3) is 0.375. The molecule has 4 heteroatoms. The molecule has 4 nitrogen and oxygen atoms in total. The van der Waals surface area contributed by atoms with Crippen molar-refractivity contribution in [2.45, 2.75) is 25.8 Å². The highest BCUT2D eigenvalue weighted by molar-refractivity contribution is 6.04. The Balaban J connectivity index is 2.12. The van der Waals surface area contributed by atoms with Crippen LogP contribution in [-0.4, -0.2) is 30.1 Å². The Morgan fingerprint density at radius 1 is 1.35 bits per heavy atom. The zero-order valence-corrected chi connectivity index (χ0v) is 12.0. The molecular formula is C16H18N2O2. The Labute approximate surface area is 118 Å². The first kappa shape index (κ1) is 12.9. The van der Waals surface area contributed by atoms with Gasteiger partial charge in [0.25, 0.3) is 0 Å². The number of carbonyl (C=O) groups excluding carboxylic acids is 1. The number of carbonyl (C=O) groups is 1. The van der Waals surface area contributed by atoms with Crippen LogP contribution in [0.3, 0.4) is 0 Å². The molecule has 0 unspecified atom stereocenters. The van der Waals surface area contributed by atoms with Crippen LogP contribution in [0.5, 0.6) is 0 Å². The zero-order valence-electron chi connectivity index (χ0n) is 12.0. The van der Waals surface area contributed by atoms with Crippen LogP contribution in [0.15, 0.2) is 30.5 Å². The summed E-state index contributed by atoms with van der Waals surface area (Å²) in [7, 11) is 1.40. The first-order valence-corrected chi connectivity index (χ1v) is 6.78. The van der Waals surface area contributed by atoms with Crippen molar-refractivity contribution in [3.05, 3.63) is 36.0 Å². The lowest BCUT2D eigenvalue weighted by Crippen LogP contribution is -2.56. The molecule has 1 saturated heterocycles. The summed E-state index contributed by atoms with van der Waals surface area (Å²) in [4.78, 5) is 18.5. The molecule has 0 aliphatic carbocycles. The molecule has 1 aromatic heterocycles. The molecular weight excluding hydrogens is 252 g/mol. The van der Waals surface area contributed by atoms with Crippen LogP contribution in [0.2, 0.25) is 0 Å². The number of anilines is 1. The van der Waals surface area contributed by atoms with Gasteiger partial charge in [0.05, 0.1) is 18.2 Å². The Hall–Kier alpha value is -2.10. The van der Waals surface area contributed by atoms with Crippen molar-refractivity contribution < 1.29 is 9.53 Å². The summed E-state index contributed by atoms with van der Waals surface area (Å²) >= 11 is 0. The summed E-state index contributed by atoms with van der Waals surface area (Å²) in [6, 6.07) is 7.78. The van der Waals surface area contributed by atoms with Crippen molar-refractivity contribution in [2.24, 2.45) is 0 Å². The van der Waals surface area contributed by atoms with Crippen molar-refractivity contribution >= 4 is 22.6 Å². The van der Waals surface area contributed by atoms with Gasteiger partial charge in [0.15, 0.2) is 0 Å². The summed E-state index contributed by atoms with van der Waals surface area (Å²) in [6.07, 6.45) is 2.82. The minimum absolute atomic E-state index is 0.182. The van der Waals surface area contributed by atoms with Crippen molar-refractivity contribution in [3.8, 4) is 0 Å². The summed E-state index contributed by atoms with van der Waals surface area (Å²) < 4.78 is 4.85. The molecule has 0 atom stereocenters. The van der Waals surface area contributed by atoms with E-state index in [0.29, 0.717) is 5.56 Å². The highest BCUT2D eigenvalue weighted by Gasteiger charge is 2.35. The third kappa shape index (κ3) is 1.92. The molecule has 1 aliphatic heterocycles. The van der Waals surface area contributed by atoms with Crippen LogP contribution in [0.1, 0.15) is 30.6 Å². The van der Waals surface area contributed by atoms with Gasteiger partial charge in [-0.05, 0) is 44.5 Å². The summed E-state index contributed by atoms with van der Waals surface area (Å²) in [5, 5.41) is 0.847. The lowest BCUT2D eigenvalue weighted by atomic mass is 9.88. The topological polar surface area (TPSA) is 42.4 Å². The van der Waals surface area contributed by atoms with Gasteiger partial charge < -0.3 is 9.64 Å². The molecule has 104 valence electrons. The van der Waals surface area contributed by atoms with E-state index >= 15 is 0 Å². The molecule has 0 amide bonds. The highest BCUT2D eigenvalue weighted by atomic mass is 16.5. The van der Waals surface area contributed by atoms with Crippen molar-refractivity contribution in [3.63, 3.8) is 0 Å². The molecule has 2 heterocycles. The van der Waals surface area contributed by atoms with E-state index in [1.54, 1.807) is 12.3 Å². The van der Waals surface area contributed by atoms with Gasteiger partial charge in [0.1, 0.15) is 0 Å². The Kier molecular flexibility index (Phi) is 2.89. The quantitative estimate of drug-likeness (QED) is 0.787. The van der Waals surface area contributed by atoms with Gasteiger partial charge >= 0.3 is 5.97 Å². The van der Waals surface area contributed by atoms with E-state index in [-0.39, 0.29) is 11.5 Å². The van der Waals surface area contributed by atoms with Gasteiger partial charge in [-0.25, -0.2) is 4.79 Å². The van der Waals surface area contributed by atoms with E-state index in [0.717, 1.165) is 23.1 Å². The minimum atomic E-state index is -0.322. The van der Waals surface area contributed by atoms with Gasteiger partial charge in [0, 0.05) is 29.4 Å². The first-order chi connectivity index (χ1) is 9.53. The molecule has 1 aliphatic rings. The van der Waals surface area contributed by atoms with Gasteiger partial charge in [-0.3, -0.25) is 4.98 Å². The molecule has 1 aromatic carbocycles. The maximum Gasteiger partial charge on any atom is 0.338 e. The number of methoxy groups -OCH3 is 1. The van der Waals surface area contributed by atoms with E-state index in [2.05, 4.69) is 29.8 Å². The average Bonchev–Trinajstić information content (AvgIpc) is 2.44. The number of esters is 1. The third-order valence-electron chi connectivity index (χ3n) is 4.12. The minimum Gasteiger partial charge on any atom is -0.465 e. The fourth-order valence-electron chi connectivity index (χ4n) is 2.74. The van der Waals surface area contributed by atoms with Crippen LogP contribution in [-0.2, 0) is 4.74 Å². The largest absolute Gasteiger partial charge is 0.465 e. The molecule has 0 spiro atoms. The van der Waals surface area contributed by atoms with Crippen molar-refractivity contribution in [2.75, 3.05) is 18.6 Å². The molecule has 0 N–H and O–H groups in total. The van der Waals surface area contributed by atoms with E-state index in [4.69, 9.17) is 4.74 Å². The lowest BCUT2D eigenvalue weighted by molar-refractivity contribution is 0.0603. The second-order valence-electron chi connectivity index (χ2n) is 5.77. The monoisotopic (exact) mass is 270 g/mol. The van der Waals surface area contributed by atoms with E-state index in [1.807, 2.05) is 12.1 Å². The Bertz CT molecular complexity index is 679. The first-order valence-electron chi connectivity index (χ1n) is 6.78. The van der Waals surface area contributed by atoms with E-state index < -0.39 is 0 Å². The van der Waals surface area contributed by atoms with Gasteiger partial charge in [0.2, 0.25) is 0 Å². The predicted molar refractivity (Wildman–Crippen MR) is 79.1 cm³/mol. The van der Waals surface area contributed by atoms with Crippen LogP contribution in [0, 0.1) is 0 Å². The van der Waals surface area contributed by atoms with Gasteiger partial charge in [-0.15, -0.1) is 0 Å². The van der Waals surface area contributed by atoms with Crippen LogP contribution in [0.4, 0.5) is 5.69 Å². The van der Waals surface area contributed by atoms with Crippen LogP contribution < -0.4 is 4.90 Å². The normalized spacial score (nSPS) is 16.9. The molecule has 0 saturated carbocycles. The van der Waals surface area contributed by atoms with Crippen LogP contribution in [0.25, 0.3) is 10.9 Å². The number of nitrogens with zero attached hydrogens (tertiary/aromatic N) is 2. The highest BCUT2D eigenvalue weighted by Crippen LogP contribution is 2.36. The van der Waals surface area contributed by atoms with Gasteiger partial charge in [-0.1, -0.05) is 0 Å². The number of pyridine rings is 1. The second-order valence-corrected chi connectivity index (χ2v) is 5.77. The number of hydrogen-bond acceptors (Lipinski definition) is 4. The van der Waals surface area contributed by atoms with Crippen molar-refractivity contribution in [1.82, 2.24) is 4.98 Å². The standard InChI is InChI=1S/C16H18N2O2/c1-16(2)7-9-18(16)11-4-5-14-13(10-11)12(6-8-17-14)15(19)20-3/h4-6,8,10H,7,9H2,1-3H3. The van der Waals surface area contributed by atoms with E-state index in [9.17, 15) is 4.79 Å². The van der Waals surface area contributed by atoms with Crippen molar-refractivity contribution in [1.29, 1.82) is 0 Å². The summed E-state index contributed by atoms with van der Waals surface area (Å²) in [5.41, 5.74) is 2.70. The molecule has 1 fully saturated rings. The number of ether oxygens (including phenoxy) is 1. The SMILES string of the molecule is COC(=O)c1ccnc2ccc(N3CCC3(C)C)cc12. The summed E-state index contributed by atoms with van der Waals surface area (Å²) in [6.45, 7) is 5.50. The smallest absolute Gasteiger partial charge is 0.338 e. The second kappa shape index (κ2) is 4.47. The average molecular weight is 270 g/mol. The third-order valence-corrected chi connectivity index (χ3v) is 4.12. The number of aromatic nitrogens is 1. The molecule has 0 bridgehead atoms. The van der Waals surface area contributed by atoms with E-state index in [1.165, 1.54) is 13.5 Å². The number of hydrogen-bond donors (Lipinski definition) is 0. The Morgan fingerprint density at radius 3 is 2.75 bits per heavy atom. The fourth-order valence-corrected chi connectivity index (χ4v) is 2.74. The maximum absolute atomic E-state index is 11.9. The molecule has 20 heavy (non-hydrogen) atoms. The maximum atomic E-state index is 11.9. The van der Waals surface area contributed by atoms with Crippen LogP contribution >= 0.6 is 0 Å². The number of benzene rings is 1. The lowest BCUT2D eigenvalue weighted by Gasteiger charge is -2.50. The van der Waals surface area contributed by atoms with Gasteiger partial charge in [-0.2, -0.15) is 0 Å². The molecule has 3 rings (SSSR count). The molecule has 0 radical (unpaired) electrons.